The van der Waals surface area contributed by atoms with Crippen LogP contribution >= 0.6 is 0 Å². The van der Waals surface area contributed by atoms with Crippen LogP contribution in [0.1, 0.15) is 12.8 Å². The molecule has 1 aliphatic heterocycles. The van der Waals surface area contributed by atoms with Gasteiger partial charge in [0.2, 0.25) is 5.91 Å². The van der Waals surface area contributed by atoms with Crippen molar-refractivity contribution in [2.24, 2.45) is 0 Å². The predicted molar refractivity (Wildman–Crippen MR) is 52.4 cm³/mol. The minimum atomic E-state index is 0.200. The summed E-state index contributed by atoms with van der Waals surface area (Å²) in [5.41, 5.74) is 7.26. The molecule has 0 unspecified atom stereocenters. The average molecular weight is 176 g/mol. The monoisotopic (exact) mass is 176 g/mol. The fraction of sp³-hybridized carbons (Fsp3) is 0.300. The molecule has 1 fully saturated rings. The van der Waals surface area contributed by atoms with Gasteiger partial charge in [-0.15, -0.1) is 0 Å². The van der Waals surface area contributed by atoms with E-state index in [1.165, 1.54) is 0 Å². The lowest BCUT2D eigenvalue weighted by Gasteiger charge is -2.15. The lowest BCUT2D eigenvalue weighted by atomic mass is 10.2. The zero-order valence-corrected chi connectivity index (χ0v) is 7.36. The summed E-state index contributed by atoms with van der Waals surface area (Å²) in [7, 11) is 0. The molecule has 0 atom stereocenters. The molecule has 1 aliphatic rings. The third-order valence-corrected chi connectivity index (χ3v) is 2.26. The van der Waals surface area contributed by atoms with Crippen LogP contribution in [0, 0.1) is 0 Å². The van der Waals surface area contributed by atoms with Crippen LogP contribution in [-0.4, -0.2) is 12.5 Å². The van der Waals surface area contributed by atoms with E-state index in [0.717, 1.165) is 18.7 Å². The second kappa shape index (κ2) is 3.09. The molecule has 1 saturated heterocycles. The topological polar surface area (TPSA) is 46.3 Å². The molecule has 0 aromatic heterocycles. The zero-order chi connectivity index (χ0) is 9.26. The molecule has 0 bridgehead atoms. The molecule has 3 nitrogen and oxygen atoms in total. The fourth-order valence-corrected chi connectivity index (χ4v) is 1.61. The van der Waals surface area contributed by atoms with Crippen molar-refractivity contribution in [2.75, 3.05) is 17.2 Å². The Balaban J connectivity index is 2.29. The van der Waals surface area contributed by atoms with Gasteiger partial charge in [-0.2, -0.15) is 0 Å². The number of amides is 1. The van der Waals surface area contributed by atoms with Gasteiger partial charge in [0.15, 0.2) is 0 Å². The highest BCUT2D eigenvalue weighted by molar-refractivity contribution is 5.95. The van der Waals surface area contributed by atoms with Gasteiger partial charge in [0.25, 0.3) is 0 Å². The third-order valence-electron chi connectivity index (χ3n) is 2.26. The van der Waals surface area contributed by atoms with E-state index in [9.17, 15) is 4.79 Å². The Hall–Kier alpha value is -1.51. The molecule has 0 spiro atoms. The lowest BCUT2D eigenvalue weighted by molar-refractivity contribution is -0.117. The summed E-state index contributed by atoms with van der Waals surface area (Å²) in [5, 5.41) is 0. The summed E-state index contributed by atoms with van der Waals surface area (Å²) in [5.74, 6) is 0.200. The molecule has 1 amide bonds. The first-order valence-electron chi connectivity index (χ1n) is 4.43. The number of hydrogen-bond acceptors (Lipinski definition) is 2. The van der Waals surface area contributed by atoms with Crippen molar-refractivity contribution < 1.29 is 4.79 Å². The second-order valence-electron chi connectivity index (χ2n) is 3.24. The maximum Gasteiger partial charge on any atom is 0.227 e. The molecule has 1 heterocycles. The van der Waals surface area contributed by atoms with E-state index >= 15 is 0 Å². The molecule has 2 rings (SSSR count). The zero-order valence-electron chi connectivity index (χ0n) is 7.36. The standard InChI is InChI=1S/C10H12N2O/c11-8-3-1-4-9(7-8)12-6-2-5-10(12)13/h1,3-4,7H,2,5-6,11H2. The normalized spacial score (nSPS) is 16.6. The molecule has 1 aromatic rings. The second-order valence-corrected chi connectivity index (χ2v) is 3.24. The number of carbonyl (C=O) groups excluding carboxylic acids is 1. The number of carbonyl (C=O) groups is 1. The molecule has 68 valence electrons. The summed E-state index contributed by atoms with van der Waals surface area (Å²) in [6.45, 7) is 0.822. The number of nitrogens with two attached hydrogens (primary N) is 1. The number of nitrogen functional groups attached to an aromatic ring is 1. The summed E-state index contributed by atoms with van der Waals surface area (Å²) in [6, 6.07) is 7.45. The van der Waals surface area contributed by atoms with Crippen molar-refractivity contribution in [3.63, 3.8) is 0 Å². The van der Waals surface area contributed by atoms with E-state index in [0.29, 0.717) is 12.1 Å². The molecule has 0 aliphatic carbocycles. The van der Waals surface area contributed by atoms with Crippen LogP contribution in [0.3, 0.4) is 0 Å². The van der Waals surface area contributed by atoms with E-state index in [4.69, 9.17) is 5.73 Å². The molecule has 2 N–H and O–H groups in total. The Morgan fingerprint density at radius 2 is 2.23 bits per heavy atom. The predicted octanol–water partition coefficient (Wildman–Crippen LogP) is 1.40. The van der Waals surface area contributed by atoms with E-state index in [1.54, 1.807) is 4.90 Å². The van der Waals surface area contributed by atoms with Gasteiger partial charge < -0.3 is 10.6 Å². The minimum absolute atomic E-state index is 0.200. The van der Waals surface area contributed by atoms with Gasteiger partial charge in [0, 0.05) is 24.3 Å². The van der Waals surface area contributed by atoms with Gasteiger partial charge in [0.05, 0.1) is 0 Å². The Kier molecular flexibility index (Phi) is 1.93. The molecule has 1 aromatic carbocycles. The van der Waals surface area contributed by atoms with Gasteiger partial charge in [0.1, 0.15) is 0 Å². The fourth-order valence-electron chi connectivity index (χ4n) is 1.61. The highest BCUT2D eigenvalue weighted by Crippen LogP contribution is 2.22. The van der Waals surface area contributed by atoms with Gasteiger partial charge in [-0.1, -0.05) is 6.07 Å². The Morgan fingerprint density at radius 3 is 2.85 bits per heavy atom. The molecule has 3 heteroatoms. The molecular formula is C10H12N2O. The van der Waals surface area contributed by atoms with Crippen LogP contribution in [0.25, 0.3) is 0 Å². The van der Waals surface area contributed by atoms with Crippen LogP contribution < -0.4 is 10.6 Å². The minimum Gasteiger partial charge on any atom is -0.399 e. The van der Waals surface area contributed by atoms with Gasteiger partial charge >= 0.3 is 0 Å². The summed E-state index contributed by atoms with van der Waals surface area (Å²) in [6.07, 6.45) is 1.61. The summed E-state index contributed by atoms with van der Waals surface area (Å²) >= 11 is 0. The first-order valence-corrected chi connectivity index (χ1v) is 4.43. The largest absolute Gasteiger partial charge is 0.399 e. The SMILES string of the molecule is Nc1cccc(N2CCCC2=O)c1. The number of rotatable bonds is 1. The Morgan fingerprint density at radius 1 is 1.38 bits per heavy atom. The molecule has 13 heavy (non-hydrogen) atoms. The van der Waals surface area contributed by atoms with E-state index in [-0.39, 0.29) is 5.91 Å². The van der Waals surface area contributed by atoms with E-state index < -0.39 is 0 Å². The molecular weight excluding hydrogens is 164 g/mol. The van der Waals surface area contributed by atoms with Crippen molar-refractivity contribution in [3.8, 4) is 0 Å². The van der Waals surface area contributed by atoms with Crippen molar-refractivity contribution in [1.82, 2.24) is 0 Å². The number of nitrogens with zero attached hydrogens (tertiary/aromatic N) is 1. The van der Waals surface area contributed by atoms with Gasteiger partial charge in [-0.3, -0.25) is 4.79 Å². The average Bonchev–Trinajstić information content (AvgIpc) is 2.51. The first-order chi connectivity index (χ1) is 6.27. The highest BCUT2D eigenvalue weighted by Gasteiger charge is 2.21. The van der Waals surface area contributed by atoms with Crippen LogP contribution in [0.4, 0.5) is 11.4 Å². The maximum atomic E-state index is 11.4. The van der Waals surface area contributed by atoms with Crippen molar-refractivity contribution in [1.29, 1.82) is 0 Å². The van der Waals surface area contributed by atoms with Crippen LogP contribution in [0.5, 0.6) is 0 Å². The third kappa shape index (κ3) is 1.49. The maximum absolute atomic E-state index is 11.4. The number of benzene rings is 1. The quantitative estimate of drug-likeness (QED) is 0.657. The number of anilines is 2. The van der Waals surface area contributed by atoms with Crippen LogP contribution in [-0.2, 0) is 4.79 Å². The van der Waals surface area contributed by atoms with Crippen molar-refractivity contribution >= 4 is 17.3 Å². The summed E-state index contributed by atoms with van der Waals surface area (Å²) < 4.78 is 0. The van der Waals surface area contributed by atoms with Gasteiger partial charge in [-0.25, -0.2) is 0 Å². The molecule has 0 saturated carbocycles. The Labute approximate surface area is 77.1 Å². The van der Waals surface area contributed by atoms with E-state index in [2.05, 4.69) is 0 Å². The van der Waals surface area contributed by atoms with Crippen molar-refractivity contribution in [3.05, 3.63) is 24.3 Å². The van der Waals surface area contributed by atoms with E-state index in [1.807, 2.05) is 24.3 Å². The highest BCUT2D eigenvalue weighted by atomic mass is 16.2. The van der Waals surface area contributed by atoms with Crippen LogP contribution in [0.2, 0.25) is 0 Å². The first kappa shape index (κ1) is 8.10. The Bertz CT molecular complexity index is 335. The van der Waals surface area contributed by atoms with Crippen molar-refractivity contribution in [2.45, 2.75) is 12.8 Å². The summed E-state index contributed by atoms with van der Waals surface area (Å²) in [4.78, 5) is 13.2. The van der Waals surface area contributed by atoms with Crippen LogP contribution in [0.15, 0.2) is 24.3 Å². The lowest BCUT2D eigenvalue weighted by Crippen LogP contribution is -2.23. The number of hydrogen-bond donors (Lipinski definition) is 1. The van der Waals surface area contributed by atoms with Gasteiger partial charge in [-0.05, 0) is 24.6 Å². The molecule has 0 radical (unpaired) electrons. The smallest absolute Gasteiger partial charge is 0.227 e.